The molecule has 0 aliphatic heterocycles. The van der Waals surface area contributed by atoms with Crippen molar-refractivity contribution in [2.45, 2.75) is 26.4 Å². The molecule has 0 aliphatic rings. The second-order valence-corrected chi connectivity index (χ2v) is 6.43. The number of rotatable bonds is 5. The van der Waals surface area contributed by atoms with Crippen LogP contribution in [0.15, 0.2) is 18.5 Å². The monoisotopic (exact) mass is 242 g/mol. The van der Waals surface area contributed by atoms with Crippen LogP contribution in [-0.2, 0) is 16.4 Å². The van der Waals surface area contributed by atoms with Gasteiger partial charge in [-0.2, -0.15) is 0 Å². The lowest BCUT2D eigenvalue weighted by Crippen LogP contribution is -2.32. The Morgan fingerprint density at radius 3 is 2.69 bits per heavy atom. The maximum absolute atomic E-state index is 11.1. The summed E-state index contributed by atoms with van der Waals surface area (Å²) < 4.78 is 22.1. The lowest BCUT2D eigenvalue weighted by atomic mass is 10.2. The van der Waals surface area contributed by atoms with Gasteiger partial charge in [0.25, 0.3) is 0 Å². The zero-order chi connectivity index (χ0) is 12.2. The Bertz CT molecular complexity index is 443. The molecule has 1 N–H and O–H groups in total. The highest BCUT2D eigenvalue weighted by atomic mass is 32.2. The predicted octanol–water partition coefficient (Wildman–Crippen LogP) is 0.913. The minimum absolute atomic E-state index is 0.0458. The first kappa shape index (κ1) is 13.1. The van der Waals surface area contributed by atoms with Gasteiger partial charge in [-0.05, 0) is 25.0 Å². The molecule has 5 heteroatoms. The third kappa shape index (κ3) is 5.23. The van der Waals surface area contributed by atoms with Crippen LogP contribution in [0.25, 0.3) is 0 Å². The molecule has 1 rings (SSSR count). The second-order valence-electron chi connectivity index (χ2n) is 4.24. The fourth-order valence-corrected chi connectivity index (χ4v) is 2.55. The first-order valence-corrected chi connectivity index (χ1v) is 7.24. The summed E-state index contributed by atoms with van der Waals surface area (Å²) in [6, 6.07) is 1.99. The molecule has 0 saturated carbocycles. The smallest absolute Gasteiger partial charge is 0.148 e. The van der Waals surface area contributed by atoms with Crippen LogP contribution in [0.5, 0.6) is 0 Å². The normalized spacial score (nSPS) is 13.7. The molecule has 0 radical (unpaired) electrons. The summed E-state index contributed by atoms with van der Waals surface area (Å²) in [5.74, 6) is 0.159. The highest BCUT2D eigenvalue weighted by Gasteiger charge is 2.09. The van der Waals surface area contributed by atoms with Crippen molar-refractivity contribution in [1.82, 2.24) is 10.3 Å². The fourth-order valence-electron chi connectivity index (χ4n) is 1.52. The molecule has 4 nitrogen and oxygen atoms in total. The first-order valence-electron chi connectivity index (χ1n) is 5.18. The van der Waals surface area contributed by atoms with Gasteiger partial charge in [-0.3, -0.25) is 4.98 Å². The van der Waals surface area contributed by atoms with Crippen molar-refractivity contribution in [3.05, 3.63) is 29.6 Å². The van der Waals surface area contributed by atoms with Gasteiger partial charge in [0, 0.05) is 31.2 Å². The van der Waals surface area contributed by atoms with Crippen LogP contribution < -0.4 is 5.32 Å². The molecule has 0 bridgehead atoms. The third-order valence-corrected chi connectivity index (χ3v) is 3.24. The number of aromatic nitrogens is 1. The molecule has 0 spiro atoms. The van der Waals surface area contributed by atoms with E-state index in [9.17, 15) is 8.42 Å². The molecule has 0 fully saturated rings. The van der Waals surface area contributed by atoms with Crippen LogP contribution in [0.1, 0.15) is 18.1 Å². The first-order chi connectivity index (χ1) is 7.37. The maximum atomic E-state index is 11.1. The van der Waals surface area contributed by atoms with E-state index in [1.54, 1.807) is 12.4 Å². The van der Waals surface area contributed by atoms with Crippen molar-refractivity contribution in [2.24, 2.45) is 0 Å². The average Bonchev–Trinajstić information content (AvgIpc) is 2.12. The van der Waals surface area contributed by atoms with Gasteiger partial charge < -0.3 is 5.32 Å². The molecular weight excluding hydrogens is 224 g/mol. The van der Waals surface area contributed by atoms with E-state index in [0.717, 1.165) is 11.1 Å². The van der Waals surface area contributed by atoms with Crippen molar-refractivity contribution < 1.29 is 8.42 Å². The number of hydrogen-bond acceptors (Lipinski definition) is 4. The van der Waals surface area contributed by atoms with Crippen LogP contribution in [0.4, 0.5) is 0 Å². The lowest BCUT2D eigenvalue weighted by molar-refractivity contribution is 0.559. The summed E-state index contributed by atoms with van der Waals surface area (Å²) in [4.78, 5) is 4.08. The van der Waals surface area contributed by atoms with Gasteiger partial charge in [-0.25, -0.2) is 8.42 Å². The van der Waals surface area contributed by atoms with Crippen LogP contribution in [0, 0.1) is 6.92 Å². The summed E-state index contributed by atoms with van der Waals surface area (Å²) >= 11 is 0. The van der Waals surface area contributed by atoms with Crippen LogP contribution in [0.3, 0.4) is 0 Å². The van der Waals surface area contributed by atoms with Gasteiger partial charge in [-0.15, -0.1) is 0 Å². The van der Waals surface area contributed by atoms with E-state index in [1.807, 2.05) is 19.9 Å². The molecule has 16 heavy (non-hydrogen) atoms. The molecule has 0 amide bonds. The number of sulfone groups is 1. The Balaban J connectivity index is 2.46. The topological polar surface area (TPSA) is 59.1 Å². The van der Waals surface area contributed by atoms with Gasteiger partial charge >= 0.3 is 0 Å². The quantitative estimate of drug-likeness (QED) is 0.834. The lowest BCUT2D eigenvalue weighted by Gasteiger charge is -2.12. The van der Waals surface area contributed by atoms with Crippen molar-refractivity contribution in [3.8, 4) is 0 Å². The van der Waals surface area contributed by atoms with E-state index < -0.39 is 9.84 Å². The van der Waals surface area contributed by atoms with E-state index >= 15 is 0 Å². The van der Waals surface area contributed by atoms with Gasteiger partial charge in [0.15, 0.2) is 0 Å². The van der Waals surface area contributed by atoms with Gasteiger partial charge in [-0.1, -0.05) is 6.07 Å². The second kappa shape index (κ2) is 5.41. The Labute approximate surface area is 97.0 Å². The molecule has 90 valence electrons. The summed E-state index contributed by atoms with van der Waals surface area (Å²) in [6.45, 7) is 4.49. The molecule has 1 heterocycles. The van der Waals surface area contributed by atoms with E-state index in [2.05, 4.69) is 10.3 Å². The molecule has 0 aromatic carbocycles. The van der Waals surface area contributed by atoms with E-state index in [0.29, 0.717) is 6.54 Å². The summed E-state index contributed by atoms with van der Waals surface area (Å²) in [6.07, 6.45) is 4.83. The predicted molar refractivity (Wildman–Crippen MR) is 65.0 cm³/mol. The van der Waals surface area contributed by atoms with Crippen molar-refractivity contribution in [2.75, 3.05) is 12.0 Å². The average molecular weight is 242 g/mol. The number of aryl methyl sites for hydroxylation is 1. The molecule has 1 atom stereocenters. The van der Waals surface area contributed by atoms with Gasteiger partial charge in [0.2, 0.25) is 0 Å². The Kier molecular flexibility index (Phi) is 4.44. The fraction of sp³-hybridized carbons (Fsp3) is 0.545. The van der Waals surface area contributed by atoms with Gasteiger partial charge in [0.1, 0.15) is 9.84 Å². The standard InChI is InChI=1S/C11H18N2O2S/c1-9-4-11(6-12-5-9)7-13-10(2)8-16(3,14)15/h4-6,10,13H,7-8H2,1-3H3. The zero-order valence-electron chi connectivity index (χ0n) is 9.90. The van der Waals surface area contributed by atoms with Gasteiger partial charge in [0.05, 0.1) is 5.75 Å². The highest BCUT2D eigenvalue weighted by Crippen LogP contribution is 2.01. The number of nitrogens with one attached hydrogen (secondary N) is 1. The number of hydrogen-bond donors (Lipinski definition) is 1. The van der Waals surface area contributed by atoms with E-state index in [1.165, 1.54) is 6.26 Å². The van der Waals surface area contributed by atoms with E-state index in [4.69, 9.17) is 0 Å². The number of nitrogens with zero attached hydrogens (tertiary/aromatic N) is 1. The van der Waals surface area contributed by atoms with Crippen molar-refractivity contribution in [3.63, 3.8) is 0 Å². The molecule has 0 aliphatic carbocycles. The molecule has 1 aromatic heterocycles. The summed E-state index contributed by atoms with van der Waals surface area (Å²) in [7, 11) is -2.91. The third-order valence-electron chi connectivity index (χ3n) is 2.14. The largest absolute Gasteiger partial charge is 0.309 e. The molecule has 0 saturated heterocycles. The van der Waals surface area contributed by atoms with E-state index in [-0.39, 0.29) is 11.8 Å². The minimum atomic E-state index is -2.91. The van der Waals surface area contributed by atoms with Crippen molar-refractivity contribution in [1.29, 1.82) is 0 Å². The summed E-state index contributed by atoms with van der Waals surface area (Å²) in [5.41, 5.74) is 2.18. The SMILES string of the molecule is Cc1cncc(CNC(C)CS(C)(=O)=O)c1. The minimum Gasteiger partial charge on any atom is -0.309 e. The number of pyridine rings is 1. The van der Waals surface area contributed by atoms with Crippen LogP contribution in [0.2, 0.25) is 0 Å². The molecule has 1 unspecified atom stereocenters. The maximum Gasteiger partial charge on any atom is 0.148 e. The molecular formula is C11H18N2O2S. The Hall–Kier alpha value is -0.940. The van der Waals surface area contributed by atoms with Crippen LogP contribution in [-0.4, -0.2) is 31.5 Å². The van der Waals surface area contributed by atoms with Crippen LogP contribution >= 0.6 is 0 Å². The zero-order valence-corrected chi connectivity index (χ0v) is 10.7. The highest BCUT2D eigenvalue weighted by molar-refractivity contribution is 7.90. The van der Waals surface area contributed by atoms with Crippen molar-refractivity contribution >= 4 is 9.84 Å². The summed E-state index contributed by atoms with van der Waals surface area (Å²) in [5, 5.41) is 3.16. The Morgan fingerprint density at radius 1 is 1.44 bits per heavy atom. The molecule has 1 aromatic rings. The Morgan fingerprint density at radius 2 is 2.12 bits per heavy atom.